The van der Waals surface area contributed by atoms with Crippen LogP contribution in [-0.2, 0) is 17.9 Å². The number of halogens is 1. The van der Waals surface area contributed by atoms with Gasteiger partial charge in [-0.05, 0) is 24.3 Å². The van der Waals surface area contributed by atoms with Crippen molar-refractivity contribution in [3.05, 3.63) is 71.7 Å². The SMILES string of the molecule is N=C/C(=C\NC1CN(Cc2nc3ccccc3[nH]2)C1)C(=O)NCc1ncccc1F. The average molecular weight is 407 g/mol. The Balaban J connectivity index is 1.24. The molecule has 8 nitrogen and oxygen atoms in total. The van der Waals surface area contributed by atoms with E-state index in [-0.39, 0.29) is 23.9 Å². The third kappa shape index (κ3) is 4.52. The van der Waals surface area contributed by atoms with E-state index in [9.17, 15) is 9.18 Å². The lowest BCUT2D eigenvalue weighted by Crippen LogP contribution is -2.56. The summed E-state index contributed by atoms with van der Waals surface area (Å²) in [4.78, 5) is 26.2. The lowest BCUT2D eigenvalue weighted by Gasteiger charge is -2.38. The number of hydrogen-bond donors (Lipinski definition) is 4. The molecule has 1 amide bonds. The van der Waals surface area contributed by atoms with Crippen molar-refractivity contribution < 1.29 is 9.18 Å². The summed E-state index contributed by atoms with van der Waals surface area (Å²) in [5.41, 5.74) is 2.31. The van der Waals surface area contributed by atoms with Crippen LogP contribution < -0.4 is 10.6 Å². The molecule has 4 rings (SSSR count). The quantitative estimate of drug-likeness (QED) is 0.336. The summed E-state index contributed by atoms with van der Waals surface area (Å²) in [6, 6.07) is 10.9. The maximum atomic E-state index is 13.6. The number of aromatic nitrogens is 3. The van der Waals surface area contributed by atoms with Crippen molar-refractivity contribution >= 4 is 23.2 Å². The molecule has 1 aliphatic heterocycles. The van der Waals surface area contributed by atoms with Crippen LogP contribution in [0.15, 0.2) is 54.4 Å². The third-order valence-electron chi connectivity index (χ3n) is 4.91. The van der Waals surface area contributed by atoms with Gasteiger partial charge in [0, 0.05) is 31.7 Å². The molecule has 1 saturated heterocycles. The van der Waals surface area contributed by atoms with Gasteiger partial charge in [0.05, 0.1) is 41.4 Å². The van der Waals surface area contributed by atoms with Gasteiger partial charge >= 0.3 is 0 Å². The number of para-hydroxylation sites is 2. The first-order valence-corrected chi connectivity index (χ1v) is 9.62. The van der Waals surface area contributed by atoms with Gasteiger partial charge in [-0.2, -0.15) is 0 Å². The second kappa shape index (κ2) is 8.83. The van der Waals surface area contributed by atoms with E-state index in [1.165, 1.54) is 24.5 Å². The number of nitrogens with zero attached hydrogens (tertiary/aromatic N) is 3. The Bertz CT molecular complexity index is 1050. The van der Waals surface area contributed by atoms with E-state index >= 15 is 0 Å². The molecule has 154 valence electrons. The number of amides is 1. The maximum absolute atomic E-state index is 13.6. The minimum Gasteiger partial charge on any atom is -0.385 e. The Labute approximate surface area is 172 Å². The molecular weight excluding hydrogens is 385 g/mol. The zero-order valence-electron chi connectivity index (χ0n) is 16.2. The first kappa shape index (κ1) is 19.7. The van der Waals surface area contributed by atoms with Crippen molar-refractivity contribution in [2.45, 2.75) is 19.1 Å². The number of rotatable bonds is 8. The fraction of sp³-hybridized carbons (Fsp3) is 0.238. The minimum atomic E-state index is -0.477. The van der Waals surface area contributed by atoms with Gasteiger partial charge in [0.25, 0.3) is 5.91 Å². The number of hydrogen-bond acceptors (Lipinski definition) is 6. The molecule has 1 aromatic carbocycles. The number of aromatic amines is 1. The second-order valence-electron chi connectivity index (χ2n) is 7.12. The number of nitrogens with one attached hydrogen (secondary N) is 4. The van der Waals surface area contributed by atoms with Crippen LogP contribution in [0.5, 0.6) is 0 Å². The van der Waals surface area contributed by atoms with Crippen LogP contribution >= 0.6 is 0 Å². The molecule has 0 spiro atoms. The van der Waals surface area contributed by atoms with E-state index < -0.39 is 11.7 Å². The largest absolute Gasteiger partial charge is 0.385 e. The predicted molar refractivity (Wildman–Crippen MR) is 111 cm³/mol. The molecule has 1 fully saturated rings. The molecular formula is C21H22FN7O. The topological polar surface area (TPSA) is 110 Å². The fourth-order valence-corrected chi connectivity index (χ4v) is 3.29. The summed E-state index contributed by atoms with van der Waals surface area (Å²) < 4.78 is 13.6. The maximum Gasteiger partial charge on any atom is 0.254 e. The summed E-state index contributed by atoms with van der Waals surface area (Å²) in [5.74, 6) is -0.0113. The normalized spacial score (nSPS) is 15.0. The van der Waals surface area contributed by atoms with Gasteiger partial charge in [-0.3, -0.25) is 14.7 Å². The van der Waals surface area contributed by atoms with Crippen molar-refractivity contribution in [2.75, 3.05) is 13.1 Å². The van der Waals surface area contributed by atoms with Crippen LogP contribution in [0.25, 0.3) is 11.0 Å². The molecule has 0 atom stereocenters. The highest BCUT2D eigenvalue weighted by molar-refractivity contribution is 6.11. The summed E-state index contributed by atoms with van der Waals surface area (Å²) >= 11 is 0. The zero-order chi connectivity index (χ0) is 20.9. The van der Waals surface area contributed by atoms with Crippen molar-refractivity contribution in [3.63, 3.8) is 0 Å². The summed E-state index contributed by atoms with van der Waals surface area (Å²) in [6.07, 6.45) is 3.97. The molecule has 3 aromatic rings. The smallest absolute Gasteiger partial charge is 0.254 e. The number of carbonyl (C=O) groups excluding carboxylic acids is 1. The molecule has 0 aliphatic carbocycles. The van der Waals surface area contributed by atoms with E-state index in [1.807, 2.05) is 24.3 Å². The first-order chi connectivity index (χ1) is 14.6. The number of H-pyrrole nitrogens is 1. The summed E-state index contributed by atoms with van der Waals surface area (Å²) in [6.45, 7) is 2.30. The summed E-state index contributed by atoms with van der Waals surface area (Å²) in [7, 11) is 0. The van der Waals surface area contributed by atoms with Crippen molar-refractivity contribution in [3.8, 4) is 0 Å². The van der Waals surface area contributed by atoms with Gasteiger partial charge in [-0.1, -0.05) is 12.1 Å². The standard InChI is InChI=1S/C21H22FN7O/c22-16-4-3-7-24-19(16)10-26-21(30)14(8-23)9-25-15-11-29(12-15)13-20-27-17-5-1-2-6-18(17)28-20/h1-9,15,23,25H,10-13H2,(H,26,30)(H,27,28)/b14-9+,23-8?. The first-order valence-electron chi connectivity index (χ1n) is 9.62. The Hall–Kier alpha value is -3.59. The molecule has 1 aliphatic rings. The van der Waals surface area contributed by atoms with E-state index in [4.69, 9.17) is 5.41 Å². The molecule has 0 unspecified atom stereocenters. The number of imidazole rings is 1. The predicted octanol–water partition coefficient (Wildman–Crippen LogP) is 1.72. The fourth-order valence-electron chi connectivity index (χ4n) is 3.29. The van der Waals surface area contributed by atoms with Crippen LogP contribution in [0.4, 0.5) is 4.39 Å². The van der Waals surface area contributed by atoms with E-state index in [2.05, 4.69) is 30.5 Å². The highest BCUT2D eigenvalue weighted by atomic mass is 19.1. The molecule has 4 N–H and O–H groups in total. The second-order valence-corrected chi connectivity index (χ2v) is 7.12. The number of fused-ring (bicyclic) bond motifs is 1. The van der Waals surface area contributed by atoms with Crippen LogP contribution in [0, 0.1) is 11.2 Å². The van der Waals surface area contributed by atoms with Gasteiger partial charge in [-0.25, -0.2) is 9.37 Å². The Morgan fingerprint density at radius 2 is 2.13 bits per heavy atom. The highest BCUT2D eigenvalue weighted by Gasteiger charge is 2.26. The molecule has 9 heteroatoms. The monoisotopic (exact) mass is 407 g/mol. The molecule has 0 radical (unpaired) electrons. The summed E-state index contributed by atoms with van der Waals surface area (Å²) in [5, 5.41) is 13.2. The van der Waals surface area contributed by atoms with Crippen molar-refractivity contribution in [1.29, 1.82) is 5.41 Å². The molecule has 3 heterocycles. The van der Waals surface area contributed by atoms with Crippen LogP contribution in [0.1, 0.15) is 11.5 Å². The van der Waals surface area contributed by atoms with Crippen LogP contribution in [-0.4, -0.2) is 51.1 Å². The Kier molecular flexibility index (Phi) is 5.80. The van der Waals surface area contributed by atoms with Gasteiger partial charge in [-0.15, -0.1) is 0 Å². The highest BCUT2D eigenvalue weighted by Crippen LogP contribution is 2.15. The number of carbonyl (C=O) groups is 1. The van der Waals surface area contributed by atoms with Crippen LogP contribution in [0.3, 0.4) is 0 Å². The zero-order valence-corrected chi connectivity index (χ0v) is 16.2. The van der Waals surface area contributed by atoms with E-state index in [1.54, 1.807) is 0 Å². The van der Waals surface area contributed by atoms with Crippen molar-refractivity contribution in [1.82, 2.24) is 30.5 Å². The van der Waals surface area contributed by atoms with Crippen LogP contribution in [0.2, 0.25) is 0 Å². The molecule has 0 saturated carbocycles. The minimum absolute atomic E-state index is 0.0363. The molecule has 2 aromatic heterocycles. The third-order valence-corrected chi connectivity index (χ3v) is 4.91. The van der Waals surface area contributed by atoms with Gasteiger partial charge in [0.1, 0.15) is 11.6 Å². The lowest BCUT2D eigenvalue weighted by atomic mass is 10.1. The van der Waals surface area contributed by atoms with Gasteiger partial charge < -0.3 is 21.0 Å². The average Bonchev–Trinajstić information content (AvgIpc) is 3.14. The number of pyridine rings is 1. The number of likely N-dealkylation sites (tertiary alicyclic amines) is 1. The van der Waals surface area contributed by atoms with E-state index in [0.29, 0.717) is 0 Å². The number of benzene rings is 1. The van der Waals surface area contributed by atoms with Gasteiger partial charge in [0.2, 0.25) is 0 Å². The molecule has 0 bridgehead atoms. The Morgan fingerprint density at radius 1 is 1.30 bits per heavy atom. The molecule has 30 heavy (non-hydrogen) atoms. The van der Waals surface area contributed by atoms with Gasteiger partial charge in [0.15, 0.2) is 0 Å². The van der Waals surface area contributed by atoms with Crippen molar-refractivity contribution in [2.24, 2.45) is 0 Å². The van der Waals surface area contributed by atoms with E-state index in [0.717, 1.165) is 42.7 Å². The Morgan fingerprint density at radius 3 is 2.90 bits per heavy atom. The lowest BCUT2D eigenvalue weighted by molar-refractivity contribution is -0.117.